The Morgan fingerprint density at radius 2 is 2.39 bits per heavy atom. The minimum Gasteiger partial charge on any atom is -0.347 e. The summed E-state index contributed by atoms with van der Waals surface area (Å²) < 4.78 is 0. The van der Waals surface area contributed by atoms with E-state index in [0.29, 0.717) is 0 Å². The van der Waals surface area contributed by atoms with Crippen LogP contribution in [0.25, 0.3) is 0 Å². The molecule has 4 heteroatoms. The third kappa shape index (κ3) is 2.59. The molecule has 0 saturated carbocycles. The Labute approximate surface area is 113 Å². The summed E-state index contributed by atoms with van der Waals surface area (Å²) in [4.78, 5) is 14.9. The maximum absolute atomic E-state index is 12.4. The van der Waals surface area contributed by atoms with E-state index in [1.54, 1.807) is 11.3 Å². The fourth-order valence-electron chi connectivity index (χ4n) is 2.55. The fraction of sp³-hybridized carbons (Fsp3) is 0.643. The summed E-state index contributed by atoms with van der Waals surface area (Å²) >= 11 is 1.75. The molecule has 3 nitrogen and oxygen atoms in total. The summed E-state index contributed by atoms with van der Waals surface area (Å²) in [6.07, 6.45) is 2.90. The molecule has 0 aromatic carbocycles. The molecule has 2 unspecified atom stereocenters. The van der Waals surface area contributed by atoms with Crippen LogP contribution in [0.4, 0.5) is 0 Å². The van der Waals surface area contributed by atoms with E-state index in [-0.39, 0.29) is 17.5 Å². The molecule has 1 fully saturated rings. The molecule has 1 aromatic rings. The Morgan fingerprint density at radius 3 is 2.89 bits per heavy atom. The van der Waals surface area contributed by atoms with Gasteiger partial charge >= 0.3 is 0 Å². The van der Waals surface area contributed by atoms with Crippen LogP contribution in [0.5, 0.6) is 0 Å². The number of aryl methyl sites for hydroxylation is 1. The Balaban J connectivity index is 2.02. The highest BCUT2D eigenvalue weighted by Crippen LogP contribution is 2.26. The second kappa shape index (κ2) is 5.41. The van der Waals surface area contributed by atoms with Gasteiger partial charge in [0, 0.05) is 9.75 Å². The van der Waals surface area contributed by atoms with Crippen LogP contribution >= 0.6 is 11.3 Å². The lowest BCUT2D eigenvalue weighted by molar-refractivity contribution is -0.127. The van der Waals surface area contributed by atoms with Crippen molar-refractivity contribution < 1.29 is 4.79 Å². The first-order chi connectivity index (χ1) is 8.57. The number of carbonyl (C=O) groups is 1. The van der Waals surface area contributed by atoms with Crippen LogP contribution < -0.4 is 10.6 Å². The average Bonchev–Trinajstić information content (AvgIpc) is 2.97. The second-order valence-electron chi connectivity index (χ2n) is 5.11. The lowest BCUT2D eigenvalue weighted by Gasteiger charge is -2.28. The van der Waals surface area contributed by atoms with E-state index in [1.807, 2.05) is 0 Å². The number of carbonyl (C=O) groups excluding carboxylic acids is 1. The van der Waals surface area contributed by atoms with Gasteiger partial charge < -0.3 is 10.6 Å². The smallest absolute Gasteiger partial charge is 0.240 e. The maximum Gasteiger partial charge on any atom is 0.240 e. The average molecular weight is 266 g/mol. The molecule has 2 heterocycles. The van der Waals surface area contributed by atoms with E-state index < -0.39 is 0 Å². The van der Waals surface area contributed by atoms with Crippen molar-refractivity contribution in [3.05, 3.63) is 21.9 Å². The van der Waals surface area contributed by atoms with E-state index in [1.165, 1.54) is 9.75 Å². The van der Waals surface area contributed by atoms with Gasteiger partial charge in [-0.15, -0.1) is 11.3 Å². The van der Waals surface area contributed by atoms with Gasteiger partial charge in [-0.3, -0.25) is 4.79 Å². The van der Waals surface area contributed by atoms with Gasteiger partial charge in [0.1, 0.15) is 0 Å². The first kappa shape index (κ1) is 13.6. The number of hydrogen-bond acceptors (Lipinski definition) is 3. The Hall–Kier alpha value is -0.870. The number of rotatable bonds is 4. The van der Waals surface area contributed by atoms with Gasteiger partial charge in [-0.25, -0.2) is 0 Å². The highest BCUT2D eigenvalue weighted by molar-refractivity contribution is 7.12. The summed E-state index contributed by atoms with van der Waals surface area (Å²) in [5.74, 6) is 0.154. The summed E-state index contributed by atoms with van der Waals surface area (Å²) in [6, 6.07) is 4.31. The highest BCUT2D eigenvalue weighted by atomic mass is 32.1. The molecule has 1 saturated heterocycles. The molecule has 1 amide bonds. The number of nitrogens with one attached hydrogen (secondary N) is 2. The monoisotopic (exact) mass is 266 g/mol. The SMILES string of the molecule is CCC1(C(=O)NC(C)c2ccc(C)s2)CCCN1. The third-order valence-corrected chi connectivity index (χ3v) is 5.00. The normalized spacial score (nSPS) is 25.1. The van der Waals surface area contributed by atoms with Crippen molar-refractivity contribution in [2.45, 2.75) is 51.6 Å². The van der Waals surface area contributed by atoms with Crippen molar-refractivity contribution in [3.8, 4) is 0 Å². The van der Waals surface area contributed by atoms with Crippen molar-refractivity contribution in [2.75, 3.05) is 6.54 Å². The zero-order valence-electron chi connectivity index (χ0n) is 11.4. The van der Waals surface area contributed by atoms with Gasteiger partial charge in [0.25, 0.3) is 0 Å². The minimum atomic E-state index is -0.333. The zero-order valence-corrected chi connectivity index (χ0v) is 12.2. The predicted molar refractivity (Wildman–Crippen MR) is 75.9 cm³/mol. The number of thiophene rings is 1. The largest absolute Gasteiger partial charge is 0.347 e. The van der Waals surface area contributed by atoms with Crippen LogP contribution in [-0.4, -0.2) is 18.0 Å². The van der Waals surface area contributed by atoms with Crippen molar-refractivity contribution in [3.63, 3.8) is 0 Å². The van der Waals surface area contributed by atoms with Crippen LogP contribution in [-0.2, 0) is 4.79 Å². The van der Waals surface area contributed by atoms with Gasteiger partial charge in [0.15, 0.2) is 0 Å². The van der Waals surface area contributed by atoms with Crippen molar-refractivity contribution in [2.24, 2.45) is 0 Å². The van der Waals surface area contributed by atoms with Crippen molar-refractivity contribution >= 4 is 17.2 Å². The molecule has 0 radical (unpaired) electrons. The quantitative estimate of drug-likeness (QED) is 0.880. The Bertz CT molecular complexity index is 421. The molecule has 1 aliphatic heterocycles. The van der Waals surface area contributed by atoms with Crippen LogP contribution in [0.1, 0.15) is 48.9 Å². The first-order valence-electron chi connectivity index (χ1n) is 6.70. The predicted octanol–water partition coefficient (Wildman–Crippen LogP) is 2.77. The molecule has 0 bridgehead atoms. The molecule has 1 aromatic heterocycles. The van der Waals surface area contributed by atoms with E-state index >= 15 is 0 Å². The minimum absolute atomic E-state index is 0.0991. The molecule has 2 atom stereocenters. The van der Waals surface area contributed by atoms with Crippen LogP contribution in [0.3, 0.4) is 0 Å². The van der Waals surface area contributed by atoms with Gasteiger partial charge in [-0.1, -0.05) is 6.92 Å². The van der Waals surface area contributed by atoms with E-state index in [0.717, 1.165) is 25.8 Å². The summed E-state index contributed by atoms with van der Waals surface area (Å²) in [7, 11) is 0. The standard InChI is InChI=1S/C14H22N2OS/c1-4-14(8-5-9-15-14)13(17)16-11(3)12-7-6-10(2)18-12/h6-7,11,15H,4-5,8-9H2,1-3H3,(H,16,17). The first-order valence-corrected chi connectivity index (χ1v) is 7.51. The van der Waals surface area contributed by atoms with Gasteiger partial charge in [0.2, 0.25) is 5.91 Å². The second-order valence-corrected chi connectivity index (χ2v) is 6.43. The van der Waals surface area contributed by atoms with Gasteiger partial charge in [-0.2, -0.15) is 0 Å². The third-order valence-electron chi connectivity index (χ3n) is 3.82. The molecule has 0 spiro atoms. The molecule has 1 aliphatic rings. The molecule has 2 N–H and O–H groups in total. The number of amides is 1. The van der Waals surface area contributed by atoms with Gasteiger partial charge in [-0.05, 0) is 51.8 Å². The molecular weight excluding hydrogens is 244 g/mol. The van der Waals surface area contributed by atoms with E-state index in [4.69, 9.17) is 0 Å². The lowest BCUT2D eigenvalue weighted by atomic mass is 9.93. The topological polar surface area (TPSA) is 41.1 Å². The maximum atomic E-state index is 12.4. The van der Waals surface area contributed by atoms with Crippen LogP contribution in [0.15, 0.2) is 12.1 Å². The van der Waals surface area contributed by atoms with E-state index in [9.17, 15) is 4.79 Å². The molecule has 18 heavy (non-hydrogen) atoms. The Morgan fingerprint density at radius 1 is 1.61 bits per heavy atom. The van der Waals surface area contributed by atoms with Gasteiger partial charge in [0.05, 0.1) is 11.6 Å². The summed E-state index contributed by atoms with van der Waals surface area (Å²) in [5, 5.41) is 6.53. The fourth-order valence-corrected chi connectivity index (χ4v) is 3.43. The van der Waals surface area contributed by atoms with Crippen LogP contribution in [0, 0.1) is 6.92 Å². The molecule has 100 valence electrons. The zero-order chi connectivity index (χ0) is 13.2. The van der Waals surface area contributed by atoms with Crippen molar-refractivity contribution in [1.82, 2.24) is 10.6 Å². The summed E-state index contributed by atoms with van der Waals surface area (Å²) in [6.45, 7) is 7.18. The molecule has 0 aliphatic carbocycles. The van der Waals surface area contributed by atoms with Crippen LogP contribution in [0.2, 0.25) is 0 Å². The van der Waals surface area contributed by atoms with E-state index in [2.05, 4.69) is 43.5 Å². The molecular formula is C14H22N2OS. The number of hydrogen-bond donors (Lipinski definition) is 2. The highest BCUT2D eigenvalue weighted by Gasteiger charge is 2.39. The lowest BCUT2D eigenvalue weighted by Crippen LogP contribution is -2.53. The van der Waals surface area contributed by atoms with Crippen molar-refractivity contribution in [1.29, 1.82) is 0 Å². The Kier molecular flexibility index (Phi) is 4.07. The summed E-state index contributed by atoms with van der Waals surface area (Å²) in [5.41, 5.74) is -0.333. The molecule has 2 rings (SSSR count).